The Kier molecular flexibility index (Phi) is 5.73. The molecule has 2 aromatic carbocycles. The molecule has 1 atom stereocenters. The topological polar surface area (TPSA) is 68.1 Å². The van der Waals surface area contributed by atoms with Gasteiger partial charge in [0.1, 0.15) is 17.4 Å². The number of rotatable bonds is 8. The van der Waals surface area contributed by atoms with E-state index in [0.717, 1.165) is 46.0 Å². The molecule has 2 aromatic heterocycles. The van der Waals surface area contributed by atoms with Crippen LogP contribution in [0.2, 0.25) is 0 Å². The molecule has 34 heavy (non-hydrogen) atoms. The highest BCUT2D eigenvalue weighted by Gasteiger charge is 2.43. The van der Waals surface area contributed by atoms with Gasteiger partial charge in [-0.1, -0.05) is 36.4 Å². The maximum atomic E-state index is 6.63. The number of nitrogens with zero attached hydrogens (tertiary/aromatic N) is 5. The van der Waals surface area contributed by atoms with E-state index in [9.17, 15) is 0 Å². The number of fused-ring (bicyclic) bond motifs is 1. The first-order valence-corrected chi connectivity index (χ1v) is 11.8. The Morgan fingerprint density at radius 1 is 1.06 bits per heavy atom. The number of hydrogen-bond acceptors (Lipinski definition) is 6. The lowest BCUT2D eigenvalue weighted by Crippen LogP contribution is -2.30. The Labute approximate surface area is 200 Å². The van der Waals surface area contributed by atoms with Gasteiger partial charge in [-0.2, -0.15) is 10.2 Å². The van der Waals surface area contributed by atoms with Crippen molar-refractivity contribution in [3.05, 3.63) is 71.5 Å². The van der Waals surface area contributed by atoms with E-state index in [1.165, 1.54) is 18.4 Å². The molecule has 0 saturated heterocycles. The maximum absolute atomic E-state index is 6.63. The average Bonchev–Trinajstić information content (AvgIpc) is 3.53. The molecular weight excluding hydrogens is 424 g/mol. The molecule has 0 bridgehead atoms. The van der Waals surface area contributed by atoms with Crippen LogP contribution in [-0.2, 0) is 0 Å². The van der Waals surface area contributed by atoms with Crippen molar-refractivity contribution in [2.24, 2.45) is 0 Å². The predicted molar refractivity (Wildman–Crippen MR) is 136 cm³/mol. The minimum Gasteiger partial charge on any atom is -0.486 e. The Morgan fingerprint density at radius 2 is 1.82 bits per heavy atom. The fraction of sp³-hybridized carbons (Fsp3) is 0.370. The third kappa shape index (κ3) is 4.12. The monoisotopic (exact) mass is 456 g/mol. The molecule has 7 nitrogen and oxygen atoms in total. The number of ether oxygens (including phenoxy) is 1. The SMILES string of the molecule is CNC1(CC(Oc2cccc(-n3nc4c(N(C)C)nnc(C)c4c3C)c2)c2ccccc2)CC1. The second-order valence-corrected chi connectivity index (χ2v) is 9.47. The van der Waals surface area contributed by atoms with Crippen molar-refractivity contribution in [3.63, 3.8) is 0 Å². The highest BCUT2D eigenvalue weighted by atomic mass is 16.5. The summed E-state index contributed by atoms with van der Waals surface area (Å²) in [4.78, 5) is 1.95. The summed E-state index contributed by atoms with van der Waals surface area (Å²) in [5.74, 6) is 1.60. The first-order chi connectivity index (χ1) is 16.4. The van der Waals surface area contributed by atoms with E-state index < -0.39 is 0 Å². The van der Waals surface area contributed by atoms with E-state index in [4.69, 9.17) is 9.84 Å². The first-order valence-electron chi connectivity index (χ1n) is 11.8. The fourth-order valence-electron chi connectivity index (χ4n) is 4.67. The standard InChI is InChI=1S/C27H32N6O/c1-18-24-19(2)33(31-25(24)26(30-29-18)32(4)5)21-12-9-13-22(16-21)34-23(17-27(28-3)14-15-27)20-10-7-6-8-11-20/h6-13,16,23,28H,14-15,17H2,1-5H3. The largest absolute Gasteiger partial charge is 0.486 e. The molecule has 0 aliphatic heterocycles. The molecule has 1 aliphatic carbocycles. The van der Waals surface area contributed by atoms with E-state index in [2.05, 4.69) is 65.9 Å². The Bertz CT molecular complexity index is 1310. The molecule has 7 heteroatoms. The fourth-order valence-corrected chi connectivity index (χ4v) is 4.67. The van der Waals surface area contributed by atoms with Crippen LogP contribution in [0.1, 0.15) is 42.3 Å². The van der Waals surface area contributed by atoms with Gasteiger partial charge in [-0.3, -0.25) is 0 Å². The van der Waals surface area contributed by atoms with Gasteiger partial charge >= 0.3 is 0 Å². The molecule has 0 radical (unpaired) electrons. The van der Waals surface area contributed by atoms with Crippen molar-refractivity contribution >= 4 is 16.7 Å². The number of anilines is 1. The van der Waals surface area contributed by atoms with Crippen LogP contribution in [0.15, 0.2) is 54.6 Å². The van der Waals surface area contributed by atoms with Crippen LogP contribution in [0.4, 0.5) is 5.82 Å². The van der Waals surface area contributed by atoms with Crippen molar-refractivity contribution in [2.75, 3.05) is 26.0 Å². The molecule has 176 valence electrons. The van der Waals surface area contributed by atoms with Crippen molar-refractivity contribution in [2.45, 2.75) is 44.8 Å². The summed E-state index contributed by atoms with van der Waals surface area (Å²) >= 11 is 0. The Balaban J connectivity index is 1.51. The lowest BCUT2D eigenvalue weighted by molar-refractivity contribution is 0.174. The van der Waals surface area contributed by atoms with Crippen molar-refractivity contribution in [1.82, 2.24) is 25.3 Å². The predicted octanol–water partition coefficient (Wildman–Crippen LogP) is 4.76. The molecule has 1 fully saturated rings. The highest BCUT2D eigenvalue weighted by Crippen LogP contribution is 2.43. The van der Waals surface area contributed by atoms with E-state index in [-0.39, 0.29) is 11.6 Å². The van der Waals surface area contributed by atoms with Crippen LogP contribution >= 0.6 is 0 Å². The zero-order chi connectivity index (χ0) is 23.9. The van der Waals surface area contributed by atoms with Gasteiger partial charge < -0.3 is 15.0 Å². The van der Waals surface area contributed by atoms with Gasteiger partial charge in [-0.15, -0.1) is 5.10 Å². The molecule has 0 amide bonds. The van der Waals surface area contributed by atoms with Gasteiger partial charge in [0, 0.05) is 32.1 Å². The number of aryl methyl sites for hydroxylation is 2. The van der Waals surface area contributed by atoms with Crippen LogP contribution in [0.5, 0.6) is 5.75 Å². The zero-order valence-electron chi connectivity index (χ0n) is 20.5. The van der Waals surface area contributed by atoms with Crippen LogP contribution in [0, 0.1) is 13.8 Å². The van der Waals surface area contributed by atoms with Crippen molar-refractivity contribution in [1.29, 1.82) is 0 Å². The van der Waals surface area contributed by atoms with Crippen LogP contribution < -0.4 is 15.0 Å². The van der Waals surface area contributed by atoms with E-state index in [1.54, 1.807) is 0 Å². The third-order valence-electron chi connectivity index (χ3n) is 6.88. The van der Waals surface area contributed by atoms with E-state index in [0.29, 0.717) is 0 Å². The molecule has 1 N–H and O–H groups in total. The second-order valence-electron chi connectivity index (χ2n) is 9.47. The average molecular weight is 457 g/mol. The van der Waals surface area contributed by atoms with Crippen molar-refractivity contribution < 1.29 is 4.74 Å². The number of hydrogen-bond donors (Lipinski definition) is 1. The normalized spacial score (nSPS) is 15.3. The van der Waals surface area contributed by atoms with Gasteiger partial charge in [-0.05, 0) is 51.4 Å². The second kappa shape index (κ2) is 8.72. The summed E-state index contributed by atoms with van der Waals surface area (Å²) in [5.41, 5.74) is 5.09. The van der Waals surface area contributed by atoms with E-state index >= 15 is 0 Å². The molecule has 1 unspecified atom stereocenters. The van der Waals surface area contributed by atoms with Crippen LogP contribution in [0.3, 0.4) is 0 Å². The quantitative estimate of drug-likeness (QED) is 0.412. The van der Waals surface area contributed by atoms with Crippen molar-refractivity contribution in [3.8, 4) is 11.4 Å². The summed E-state index contributed by atoms with van der Waals surface area (Å²) in [6.07, 6.45) is 3.28. The minimum atomic E-state index is -0.0276. The lowest BCUT2D eigenvalue weighted by atomic mass is 10.0. The summed E-state index contributed by atoms with van der Waals surface area (Å²) in [5, 5.41) is 18.2. The van der Waals surface area contributed by atoms with Gasteiger partial charge in [0.25, 0.3) is 0 Å². The molecule has 0 spiro atoms. The lowest BCUT2D eigenvalue weighted by Gasteiger charge is -2.25. The van der Waals surface area contributed by atoms with E-state index in [1.807, 2.05) is 48.8 Å². The maximum Gasteiger partial charge on any atom is 0.179 e. The van der Waals surface area contributed by atoms with Gasteiger partial charge in [0.05, 0.1) is 22.5 Å². The Hall–Kier alpha value is -3.45. The molecule has 2 heterocycles. The molecule has 1 aliphatic rings. The molecule has 5 rings (SSSR count). The number of benzene rings is 2. The van der Waals surface area contributed by atoms with Gasteiger partial charge in [0.15, 0.2) is 5.82 Å². The van der Waals surface area contributed by atoms with Gasteiger partial charge in [0.2, 0.25) is 0 Å². The third-order valence-corrected chi connectivity index (χ3v) is 6.88. The zero-order valence-corrected chi connectivity index (χ0v) is 20.5. The summed E-state index contributed by atoms with van der Waals surface area (Å²) in [6, 6.07) is 18.7. The number of aromatic nitrogens is 4. The minimum absolute atomic E-state index is 0.0276. The molecular formula is C27H32N6O. The molecule has 1 saturated carbocycles. The smallest absolute Gasteiger partial charge is 0.179 e. The molecule has 4 aromatic rings. The van der Waals surface area contributed by atoms with Gasteiger partial charge in [-0.25, -0.2) is 4.68 Å². The van der Waals surface area contributed by atoms with Crippen LogP contribution in [0.25, 0.3) is 16.6 Å². The highest BCUT2D eigenvalue weighted by molar-refractivity contribution is 5.92. The number of nitrogens with one attached hydrogen (secondary N) is 1. The Morgan fingerprint density at radius 3 is 2.50 bits per heavy atom. The summed E-state index contributed by atoms with van der Waals surface area (Å²) < 4.78 is 8.59. The van der Waals surface area contributed by atoms with Crippen LogP contribution in [-0.4, -0.2) is 46.7 Å². The first kappa shape index (κ1) is 22.3. The summed E-state index contributed by atoms with van der Waals surface area (Å²) in [7, 11) is 5.97. The summed E-state index contributed by atoms with van der Waals surface area (Å²) in [6.45, 7) is 4.06.